The van der Waals surface area contributed by atoms with E-state index in [1.54, 1.807) is 0 Å². The van der Waals surface area contributed by atoms with Crippen molar-refractivity contribution in [3.63, 3.8) is 0 Å². The fourth-order valence-corrected chi connectivity index (χ4v) is 10.5. The van der Waals surface area contributed by atoms with Crippen LogP contribution in [0.3, 0.4) is 0 Å². The molecule has 2 aliphatic carbocycles. The van der Waals surface area contributed by atoms with E-state index in [1.807, 2.05) is 0 Å². The average molecular weight is 929 g/mol. The van der Waals surface area contributed by atoms with Crippen molar-refractivity contribution in [2.75, 3.05) is 19.6 Å². The molecule has 4 nitrogen and oxygen atoms in total. The molecule has 0 aromatic heterocycles. The van der Waals surface area contributed by atoms with Gasteiger partial charge in [-0.2, -0.15) is 0 Å². The molecule has 0 heterocycles. The number of hydrogen-bond acceptors (Lipinski definition) is 4. The Kier molecular flexibility index (Phi) is 12.0. The Morgan fingerprint density at radius 2 is 0.694 bits per heavy atom. The zero-order valence-corrected chi connectivity index (χ0v) is 40.8. The first-order valence-electron chi connectivity index (χ1n) is 25.3. The third kappa shape index (κ3) is 8.96. The lowest BCUT2D eigenvalue weighted by atomic mass is 9.90. The normalized spacial score (nSPS) is 14.9. The summed E-state index contributed by atoms with van der Waals surface area (Å²) in [4.78, 5) is 9.50. The molecule has 0 amide bonds. The van der Waals surface area contributed by atoms with Crippen molar-refractivity contribution in [3.8, 4) is 0 Å². The molecule has 2 unspecified atom stereocenters. The zero-order valence-electron chi connectivity index (χ0n) is 40.8. The molecular formula is C68H56N4. The second-order valence-electron chi connectivity index (χ2n) is 19.3. The summed E-state index contributed by atoms with van der Waals surface area (Å²) in [5.74, 6) is 0.955. The Morgan fingerprint density at radius 1 is 0.319 bits per heavy atom. The molecule has 0 saturated heterocycles. The van der Waals surface area contributed by atoms with Crippen LogP contribution in [0.5, 0.6) is 0 Å². The molecule has 348 valence electrons. The molecule has 10 aromatic rings. The number of benzene rings is 10. The van der Waals surface area contributed by atoms with Crippen LogP contribution in [0.1, 0.15) is 31.4 Å². The highest BCUT2D eigenvalue weighted by atomic mass is 15.2. The van der Waals surface area contributed by atoms with E-state index in [9.17, 15) is 0 Å². The van der Waals surface area contributed by atoms with Crippen LogP contribution in [0.4, 0.5) is 62.6 Å². The Balaban J connectivity index is 0.957. The van der Waals surface area contributed by atoms with Gasteiger partial charge in [0.2, 0.25) is 0 Å². The maximum Gasteiger partial charge on any atom is 0.0468 e. The molecule has 12 rings (SSSR count). The van der Waals surface area contributed by atoms with Crippen LogP contribution in [0.25, 0.3) is 27.6 Å². The van der Waals surface area contributed by atoms with Crippen molar-refractivity contribution in [3.05, 3.63) is 278 Å². The molecule has 0 bridgehead atoms. The summed E-state index contributed by atoms with van der Waals surface area (Å²) in [6.45, 7) is 4.59. The first kappa shape index (κ1) is 44.4. The largest absolute Gasteiger partial charge is 0.311 e. The SMILES string of the molecule is CC1C=C(N(c2ccc(N(c3ccc(N(c4ccccc4)c4ccc5c(c4)CC(C)C=C5)cc3)c3ccc(N(c4ccccc4)c4ccc5ccccc5c4)cc3)cc2)c2ccc3ccccc3c2)C=CC1. The topological polar surface area (TPSA) is 13.0 Å². The standard InChI is InChI=1S/C68H56N4/c1-49-14-13-23-65(45-49)72(67-30-27-52-16-10-12-18-55(52)47-67)64-42-36-61(37-43-64)69(59-32-38-62(39-33-59)70(57-19-5-3-6-20-57)66-29-26-51-15-9-11-17-54(51)46-66)60-34-40-63(41-35-60)71(58-21-7-4-8-22-58)68-31-28-53-25-24-50(2)44-56(53)48-68/h3-13,15-43,45-50H,14,44H2,1-2H3. The lowest BCUT2D eigenvalue weighted by molar-refractivity contribution is 0.717. The van der Waals surface area contributed by atoms with Crippen LogP contribution in [-0.2, 0) is 6.42 Å². The highest BCUT2D eigenvalue weighted by molar-refractivity contribution is 5.91. The van der Waals surface area contributed by atoms with Crippen molar-refractivity contribution >= 4 is 90.2 Å². The molecule has 0 aliphatic heterocycles. The number of rotatable bonds is 12. The molecule has 72 heavy (non-hydrogen) atoms. The van der Waals surface area contributed by atoms with E-state index in [-0.39, 0.29) is 0 Å². The van der Waals surface area contributed by atoms with Crippen LogP contribution < -0.4 is 19.6 Å². The molecule has 0 spiro atoms. The van der Waals surface area contributed by atoms with Crippen molar-refractivity contribution in [2.45, 2.75) is 26.7 Å². The monoisotopic (exact) mass is 928 g/mol. The van der Waals surface area contributed by atoms with E-state index in [0.717, 1.165) is 75.4 Å². The van der Waals surface area contributed by atoms with Crippen LogP contribution >= 0.6 is 0 Å². The second-order valence-corrected chi connectivity index (χ2v) is 19.3. The third-order valence-corrected chi connectivity index (χ3v) is 14.2. The van der Waals surface area contributed by atoms with E-state index in [1.165, 1.54) is 38.4 Å². The predicted molar refractivity (Wildman–Crippen MR) is 307 cm³/mol. The van der Waals surface area contributed by atoms with Gasteiger partial charge in [0, 0.05) is 68.3 Å². The number of fused-ring (bicyclic) bond motifs is 3. The lowest BCUT2D eigenvalue weighted by Crippen LogP contribution is -2.18. The smallest absolute Gasteiger partial charge is 0.0468 e. The van der Waals surface area contributed by atoms with Gasteiger partial charge in [-0.1, -0.05) is 141 Å². The van der Waals surface area contributed by atoms with Gasteiger partial charge >= 0.3 is 0 Å². The van der Waals surface area contributed by atoms with E-state index < -0.39 is 0 Å². The lowest BCUT2D eigenvalue weighted by Gasteiger charge is -2.31. The van der Waals surface area contributed by atoms with E-state index >= 15 is 0 Å². The number of hydrogen-bond donors (Lipinski definition) is 0. The van der Waals surface area contributed by atoms with Gasteiger partial charge in [0.05, 0.1) is 0 Å². The second kappa shape index (κ2) is 19.5. The molecule has 10 aromatic carbocycles. The minimum Gasteiger partial charge on any atom is -0.311 e. The van der Waals surface area contributed by atoms with Crippen molar-refractivity contribution in [1.29, 1.82) is 0 Å². The van der Waals surface area contributed by atoms with Crippen molar-refractivity contribution < 1.29 is 0 Å². The molecule has 0 fully saturated rings. The molecule has 0 radical (unpaired) electrons. The van der Waals surface area contributed by atoms with Crippen LogP contribution in [0.2, 0.25) is 0 Å². The van der Waals surface area contributed by atoms with Gasteiger partial charge in [-0.15, -0.1) is 0 Å². The summed E-state index contributed by atoms with van der Waals surface area (Å²) >= 11 is 0. The number of nitrogens with zero attached hydrogens (tertiary/aromatic N) is 4. The van der Waals surface area contributed by atoms with Gasteiger partial charge in [-0.3, -0.25) is 0 Å². The quantitative estimate of drug-likeness (QED) is 0.121. The van der Waals surface area contributed by atoms with Gasteiger partial charge < -0.3 is 19.6 Å². The molecular weight excluding hydrogens is 873 g/mol. The maximum absolute atomic E-state index is 2.40. The highest BCUT2D eigenvalue weighted by Gasteiger charge is 2.22. The summed E-state index contributed by atoms with van der Waals surface area (Å²) in [7, 11) is 0. The maximum atomic E-state index is 2.40. The van der Waals surface area contributed by atoms with Gasteiger partial charge in [-0.25, -0.2) is 0 Å². The average Bonchev–Trinajstić information content (AvgIpc) is 3.43. The molecule has 2 atom stereocenters. The van der Waals surface area contributed by atoms with E-state index in [0.29, 0.717) is 11.8 Å². The summed E-state index contributed by atoms with van der Waals surface area (Å²) in [6, 6.07) is 86.1. The molecule has 0 N–H and O–H groups in total. The van der Waals surface area contributed by atoms with Gasteiger partial charge in [0.25, 0.3) is 0 Å². The van der Waals surface area contributed by atoms with Crippen molar-refractivity contribution in [1.82, 2.24) is 0 Å². The first-order chi connectivity index (χ1) is 35.5. The van der Waals surface area contributed by atoms with Crippen molar-refractivity contribution in [2.24, 2.45) is 11.8 Å². The fraction of sp³-hybridized carbons (Fsp3) is 0.0882. The number of anilines is 11. The summed E-state index contributed by atoms with van der Waals surface area (Å²) in [5, 5.41) is 4.88. The Morgan fingerprint density at radius 3 is 1.18 bits per heavy atom. The minimum atomic E-state index is 0.443. The Hall–Kier alpha value is -8.86. The van der Waals surface area contributed by atoms with E-state index in [4.69, 9.17) is 0 Å². The third-order valence-electron chi connectivity index (χ3n) is 14.2. The van der Waals surface area contributed by atoms with Crippen LogP contribution in [0.15, 0.2) is 267 Å². The van der Waals surface area contributed by atoms with Crippen LogP contribution in [0, 0.1) is 11.8 Å². The zero-order chi connectivity index (χ0) is 48.4. The first-order valence-corrected chi connectivity index (χ1v) is 25.3. The van der Waals surface area contributed by atoms with Gasteiger partial charge in [-0.05, 0) is 197 Å². The van der Waals surface area contributed by atoms with Gasteiger partial charge in [0.1, 0.15) is 0 Å². The van der Waals surface area contributed by atoms with E-state index in [2.05, 4.69) is 300 Å². The Labute approximate surface area is 424 Å². The molecule has 2 aliphatic rings. The van der Waals surface area contributed by atoms with Crippen LogP contribution in [-0.4, -0.2) is 0 Å². The summed E-state index contributed by atoms with van der Waals surface area (Å²) in [6.07, 6.45) is 13.6. The van der Waals surface area contributed by atoms with Gasteiger partial charge in [0.15, 0.2) is 0 Å². The fourth-order valence-electron chi connectivity index (χ4n) is 10.5. The predicted octanol–water partition coefficient (Wildman–Crippen LogP) is 19.2. The number of allylic oxidation sites excluding steroid dienone is 4. The Bertz CT molecular complexity index is 3610. The molecule has 4 heteroatoms. The summed E-state index contributed by atoms with van der Waals surface area (Å²) in [5.41, 5.74) is 15.9. The minimum absolute atomic E-state index is 0.443. The number of para-hydroxylation sites is 2. The molecule has 0 saturated carbocycles. The summed E-state index contributed by atoms with van der Waals surface area (Å²) < 4.78 is 0. The highest BCUT2D eigenvalue weighted by Crippen LogP contribution is 2.44.